The number of carbonyl (C=O) groups excluding carboxylic acids is 1. The van der Waals surface area contributed by atoms with Gasteiger partial charge in [-0.2, -0.15) is 5.10 Å². The summed E-state index contributed by atoms with van der Waals surface area (Å²) < 4.78 is 5.30. The molecule has 1 unspecified atom stereocenters. The van der Waals surface area contributed by atoms with E-state index < -0.39 is 5.54 Å². The van der Waals surface area contributed by atoms with E-state index in [1.54, 1.807) is 16.9 Å². The van der Waals surface area contributed by atoms with Gasteiger partial charge in [-0.3, -0.25) is 4.90 Å². The van der Waals surface area contributed by atoms with Crippen molar-refractivity contribution >= 4 is 23.5 Å². The fourth-order valence-corrected chi connectivity index (χ4v) is 3.54. The zero-order chi connectivity index (χ0) is 21.0. The molecule has 3 N–H and O–H groups in total. The van der Waals surface area contributed by atoms with Crippen LogP contribution in [0, 0.1) is 0 Å². The number of aliphatic hydroxyl groups excluding tert-OH is 1. The topological polar surface area (TPSA) is 91.4 Å². The lowest BCUT2D eigenvalue weighted by atomic mass is 9.91. The fourth-order valence-electron chi connectivity index (χ4n) is 3.54. The Morgan fingerprint density at radius 1 is 1.31 bits per heavy atom. The van der Waals surface area contributed by atoms with Crippen LogP contribution in [-0.2, 0) is 5.54 Å². The zero-order valence-electron chi connectivity index (χ0n) is 16.7. The van der Waals surface area contributed by atoms with Gasteiger partial charge in [0, 0.05) is 18.8 Å². The Kier molecular flexibility index (Phi) is 5.89. The van der Waals surface area contributed by atoms with E-state index in [4.69, 9.17) is 10.6 Å². The minimum Gasteiger partial charge on any atom is -0.497 e. The maximum atomic E-state index is 13.2. The van der Waals surface area contributed by atoms with Crippen molar-refractivity contribution in [3.05, 3.63) is 66.2 Å². The number of allylic oxidation sites excluding steroid dienone is 1. The minimum absolute atomic E-state index is 0.153. The Morgan fingerprint density at radius 2 is 2.03 bits per heavy atom. The number of hydrogen-bond donors (Lipinski definition) is 2. The molecule has 7 nitrogen and oxygen atoms in total. The van der Waals surface area contributed by atoms with Crippen molar-refractivity contribution in [2.75, 3.05) is 31.7 Å². The van der Waals surface area contributed by atoms with Crippen LogP contribution in [0.2, 0.25) is 0 Å². The number of benzene rings is 2. The summed E-state index contributed by atoms with van der Waals surface area (Å²) in [6, 6.07) is 14.8. The van der Waals surface area contributed by atoms with Crippen molar-refractivity contribution in [1.29, 1.82) is 0 Å². The van der Waals surface area contributed by atoms with Crippen molar-refractivity contribution in [2.24, 2.45) is 10.9 Å². The molecule has 0 aromatic heterocycles. The lowest BCUT2D eigenvalue weighted by molar-refractivity contribution is 0.0821. The molecule has 1 aliphatic rings. The predicted octanol–water partition coefficient (Wildman–Crippen LogP) is 2.80. The van der Waals surface area contributed by atoms with Crippen molar-refractivity contribution < 1.29 is 14.6 Å². The second kappa shape index (κ2) is 8.36. The number of ether oxygens (including phenoxy) is 1. The number of hydrogen-bond acceptors (Lipinski definition) is 5. The molecule has 3 rings (SSSR count). The monoisotopic (exact) mass is 394 g/mol. The molecule has 7 heteroatoms. The van der Waals surface area contributed by atoms with Crippen LogP contribution in [0.4, 0.5) is 10.5 Å². The van der Waals surface area contributed by atoms with Gasteiger partial charge in [0.2, 0.25) is 0 Å². The Balaban J connectivity index is 1.85. The molecule has 2 amide bonds. The van der Waals surface area contributed by atoms with E-state index >= 15 is 0 Å². The third kappa shape index (κ3) is 3.82. The first-order chi connectivity index (χ1) is 13.9. The first-order valence-corrected chi connectivity index (χ1v) is 9.31. The Labute approximate surface area is 170 Å². The smallest absolute Gasteiger partial charge is 0.325 e. The summed E-state index contributed by atoms with van der Waals surface area (Å²) in [6.45, 7) is 6.60. The molecule has 0 spiro atoms. The van der Waals surface area contributed by atoms with Crippen LogP contribution in [0.5, 0.6) is 5.75 Å². The van der Waals surface area contributed by atoms with E-state index in [-0.39, 0.29) is 12.6 Å². The molecule has 1 aliphatic heterocycles. The highest BCUT2D eigenvalue weighted by Crippen LogP contribution is 2.34. The molecule has 0 aliphatic carbocycles. The number of nitrogens with zero attached hydrogens (tertiary/aromatic N) is 3. The fraction of sp³-hybridized carbons (Fsp3) is 0.273. The Hall–Kier alpha value is -3.32. The predicted molar refractivity (Wildman–Crippen MR) is 115 cm³/mol. The van der Waals surface area contributed by atoms with Crippen LogP contribution >= 0.6 is 0 Å². The first kappa shape index (κ1) is 20.4. The van der Waals surface area contributed by atoms with Crippen molar-refractivity contribution in [3.63, 3.8) is 0 Å². The summed E-state index contributed by atoms with van der Waals surface area (Å²) in [5, 5.41) is 13.7. The highest BCUT2D eigenvalue weighted by Gasteiger charge is 2.42. The molecule has 2 aromatic carbocycles. The van der Waals surface area contributed by atoms with Crippen LogP contribution in [0.3, 0.4) is 0 Å². The quantitative estimate of drug-likeness (QED) is 0.429. The number of methoxy groups -OCH3 is 1. The molecule has 1 saturated heterocycles. The summed E-state index contributed by atoms with van der Waals surface area (Å²) in [7, 11) is 1.59. The second-order valence-electron chi connectivity index (χ2n) is 7.10. The normalized spacial score (nSPS) is 16.3. The van der Waals surface area contributed by atoms with Gasteiger partial charge >= 0.3 is 6.03 Å². The third-order valence-electron chi connectivity index (χ3n) is 5.38. The number of carbonyl (C=O) groups is 1. The highest BCUT2D eigenvalue weighted by atomic mass is 16.5. The Morgan fingerprint density at radius 3 is 2.66 bits per heavy atom. The van der Waals surface area contributed by atoms with Gasteiger partial charge in [-0.15, -0.1) is 0 Å². The summed E-state index contributed by atoms with van der Waals surface area (Å²) in [4.78, 5) is 16.6. The lowest BCUT2D eigenvalue weighted by Crippen LogP contribution is -2.49. The van der Waals surface area contributed by atoms with E-state index in [0.29, 0.717) is 24.4 Å². The van der Waals surface area contributed by atoms with E-state index in [9.17, 15) is 9.90 Å². The number of urea groups is 1. The lowest BCUT2D eigenvalue weighted by Gasteiger charge is -2.37. The standard InChI is InChI=1S/C22H26N4O3/c1-16(14-24-23)17-7-9-19(10-8-17)25-11-12-26(21(25)28)22(2,15-27)18-5-4-6-20(13-18)29-3/h4-10,13-14,27H,1,11-12,15,23H2,2-3H3/b24-14-. The maximum Gasteiger partial charge on any atom is 0.325 e. The third-order valence-corrected chi connectivity index (χ3v) is 5.38. The van der Waals surface area contributed by atoms with E-state index in [1.165, 1.54) is 6.21 Å². The van der Waals surface area contributed by atoms with Gasteiger partial charge in [-0.25, -0.2) is 4.79 Å². The summed E-state index contributed by atoms with van der Waals surface area (Å²) in [6.07, 6.45) is 1.48. The van der Waals surface area contributed by atoms with Crippen LogP contribution in [0.15, 0.2) is 60.2 Å². The van der Waals surface area contributed by atoms with Crippen LogP contribution in [0.1, 0.15) is 18.1 Å². The van der Waals surface area contributed by atoms with Gasteiger partial charge in [-0.1, -0.05) is 30.8 Å². The van der Waals surface area contributed by atoms with Gasteiger partial charge in [0.25, 0.3) is 0 Å². The molecule has 2 aromatic rings. The van der Waals surface area contributed by atoms with Crippen LogP contribution < -0.4 is 15.5 Å². The molecule has 1 heterocycles. The maximum absolute atomic E-state index is 13.2. The minimum atomic E-state index is -0.855. The second-order valence-corrected chi connectivity index (χ2v) is 7.10. The van der Waals surface area contributed by atoms with Crippen molar-refractivity contribution in [2.45, 2.75) is 12.5 Å². The van der Waals surface area contributed by atoms with Crippen LogP contribution in [0.25, 0.3) is 5.57 Å². The van der Waals surface area contributed by atoms with E-state index in [0.717, 1.165) is 16.8 Å². The molecule has 29 heavy (non-hydrogen) atoms. The van der Waals surface area contributed by atoms with Gasteiger partial charge in [0.15, 0.2) is 0 Å². The number of rotatable bonds is 7. The molecule has 0 saturated carbocycles. The average Bonchev–Trinajstić information content (AvgIpc) is 3.15. The average molecular weight is 394 g/mol. The van der Waals surface area contributed by atoms with E-state index in [2.05, 4.69) is 11.7 Å². The van der Waals surface area contributed by atoms with Crippen LogP contribution in [-0.4, -0.2) is 49.1 Å². The molecule has 1 fully saturated rings. The number of hydrazone groups is 1. The molecule has 152 valence electrons. The molecular formula is C22H26N4O3. The highest BCUT2D eigenvalue weighted by molar-refractivity contribution is 6.08. The largest absolute Gasteiger partial charge is 0.497 e. The molecule has 0 radical (unpaired) electrons. The SMILES string of the molecule is C=C(/C=N\N)c1ccc(N2CCN(C(C)(CO)c3cccc(OC)c3)C2=O)cc1. The van der Waals surface area contributed by atoms with Crippen molar-refractivity contribution in [3.8, 4) is 5.75 Å². The number of aliphatic hydroxyl groups is 1. The molecule has 1 atom stereocenters. The summed E-state index contributed by atoms with van der Waals surface area (Å²) in [5.74, 6) is 5.85. The summed E-state index contributed by atoms with van der Waals surface area (Å²) >= 11 is 0. The molecular weight excluding hydrogens is 368 g/mol. The van der Waals surface area contributed by atoms with Crippen molar-refractivity contribution in [1.82, 2.24) is 4.90 Å². The summed E-state index contributed by atoms with van der Waals surface area (Å²) in [5.41, 5.74) is 2.32. The van der Waals surface area contributed by atoms with Gasteiger partial charge in [0.1, 0.15) is 5.75 Å². The van der Waals surface area contributed by atoms with Gasteiger partial charge in [-0.05, 0) is 47.9 Å². The first-order valence-electron chi connectivity index (χ1n) is 9.31. The van der Waals surface area contributed by atoms with Gasteiger partial charge in [0.05, 0.1) is 25.5 Å². The number of anilines is 1. The zero-order valence-corrected chi connectivity index (χ0v) is 16.7. The number of amides is 2. The number of nitrogens with two attached hydrogens (primary N) is 1. The Bertz CT molecular complexity index is 926. The van der Waals surface area contributed by atoms with E-state index in [1.807, 2.05) is 55.5 Å². The molecule has 0 bridgehead atoms. The van der Waals surface area contributed by atoms with Gasteiger partial charge < -0.3 is 20.6 Å².